The van der Waals surface area contributed by atoms with Gasteiger partial charge in [-0.15, -0.1) is 0 Å². The van der Waals surface area contributed by atoms with Gasteiger partial charge in [-0.1, -0.05) is 84.9 Å². The molecule has 51 heavy (non-hydrogen) atoms. The van der Waals surface area contributed by atoms with Crippen molar-refractivity contribution in [3.63, 3.8) is 0 Å². The van der Waals surface area contributed by atoms with Gasteiger partial charge in [0.1, 0.15) is 36.8 Å². The SMILES string of the molecule is O=C(O)N[C@@H](Cc1ccc(OC(=O)OCc2ccccc2)cc1)C(=O)OC(=O)[C@H](Cc1ccc(OC(=O)OCc2ccccc2)cc1)NC(=O)O. The number of amides is 2. The first-order chi connectivity index (χ1) is 24.5. The van der Waals surface area contributed by atoms with E-state index in [0.29, 0.717) is 11.1 Å². The van der Waals surface area contributed by atoms with Gasteiger partial charge in [0.2, 0.25) is 0 Å². The summed E-state index contributed by atoms with van der Waals surface area (Å²) in [4.78, 5) is 72.8. The zero-order chi connectivity index (χ0) is 36.6. The minimum absolute atomic E-state index is 0.000873. The fourth-order valence-electron chi connectivity index (χ4n) is 4.47. The largest absolute Gasteiger partial charge is 0.514 e. The molecule has 0 radical (unpaired) electrons. The van der Waals surface area contributed by atoms with E-state index in [1.165, 1.54) is 48.5 Å². The Balaban J connectivity index is 1.31. The van der Waals surface area contributed by atoms with Gasteiger partial charge in [-0.2, -0.15) is 0 Å². The number of rotatable bonds is 14. The molecule has 15 nitrogen and oxygen atoms in total. The number of carboxylic acid groups (broad SMARTS) is 2. The van der Waals surface area contributed by atoms with E-state index in [4.69, 9.17) is 23.7 Å². The normalized spacial score (nSPS) is 11.5. The van der Waals surface area contributed by atoms with Gasteiger partial charge >= 0.3 is 36.4 Å². The highest BCUT2D eigenvalue weighted by molar-refractivity contribution is 5.93. The van der Waals surface area contributed by atoms with E-state index in [-0.39, 0.29) is 37.6 Å². The van der Waals surface area contributed by atoms with Gasteiger partial charge in [-0.05, 0) is 46.5 Å². The van der Waals surface area contributed by atoms with Crippen molar-refractivity contribution < 1.29 is 62.7 Å². The summed E-state index contributed by atoms with van der Waals surface area (Å²) in [5.74, 6) is -2.35. The smallest absolute Gasteiger partial charge is 0.465 e. The molecule has 4 rings (SSSR count). The van der Waals surface area contributed by atoms with Crippen LogP contribution in [0.3, 0.4) is 0 Å². The fourth-order valence-corrected chi connectivity index (χ4v) is 4.47. The van der Waals surface area contributed by atoms with Crippen LogP contribution >= 0.6 is 0 Å². The molecule has 0 heterocycles. The summed E-state index contributed by atoms with van der Waals surface area (Å²) in [6, 6.07) is 26.2. The molecule has 0 aliphatic rings. The number of esters is 2. The fraction of sp³-hybridized carbons (Fsp3) is 0.167. The van der Waals surface area contributed by atoms with Gasteiger partial charge in [0.25, 0.3) is 0 Å². The molecule has 0 bridgehead atoms. The number of hydrogen-bond donors (Lipinski definition) is 4. The summed E-state index contributed by atoms with van der Waals surface area (Å²) in [7, 11) is 0. The van der Waals surface area contributed by atoms with Crippen LogP contribution in [0.1, 0.15) is 22.3 Å². The Kier molecular flexibility index (Phi) is 13.5. The summed E-state index contributed by atoms with van der Waals surface area (Å²) < 4.78 is 25.3. The van der Waals surface area contributed by atoms with Crippen LogP contribution in [0.5, 0.6) is 11.5 Å². The van der Waals surface area contributed by atoms with Crippen molar-refractivity contribution >= 4 is 36.4 Å². The highest BCUT2D eigenvalue weighted by Gasteiger charge is 2.30. The lowest BCUT2D eigenvalue weighted by atomic mass is 10.0. The Hall–Kier alpha value is -6.90. The van der Waals surface area contributed by atoms with Crippen molar-refractivity contribution in [2.24, 2.45) is 0 Å². The van der Waals surface area contributed by atoms with E-state index in [0.717, 1.165) is 11.1 Å². The second-order valence-corrected chi connectivity index (χ2v) is 10.7. The van der Waals surface area contributed by atoms with Gasteiger partial charge in [-0.3, -0.25) is 0 Å². The van der Waals surface area contributed by atoms with Gasteiger partial charge in [-0.25, -0.2) is 28.8 Å². The predicted octanol–water partition coefficient (Wildman–Crippen LogP) is 5.25. The van der Waals surface area contributed by atoms with E-state index < -0.39 is 48.5 Å². The number of ether oxygens (including phenoxy) is 5. The summed E-state index contributed by atoms with van der Waals surface area (Å²) in [5.41, 5.74) is 2.32. The van der Waals surface area contributed by atoms with Crippen molar-refractivity contribution in [2.75, 3.05) is 0 Å². The lowest BCUT2D eigenvalue weighted by molar-refractivity contribution is -0.162. The van der Waals surface area contributed by atoms with E-state index in [9.17, 15) is 39.0 Å². The average Bonchev–Trinajstić information content (AvgIpc) is 3.11. The van der Waals surface area contributed by atoms with Gasteiger partial charge in [0, 0.05) is 12.8 Å². The van der Waals surface area contributed by atoms with Gasteiger partial charge < -0.3 is 44.5 Å². The highest BCUT2D eigenvalue weighted by Crippen LogP contribution is 2.17. The summed E-state index contributed by atoms with van der Waals surface area (Å²) in [5, 5.41) is 22.6. The zero-order valence-corrected chi connectivity index (χ0v) is 26.8. The Labute approximate surface area is 290 Å². The third-order valence-electron chi connectivity index (χ3n) is 6.89. The molecule has 15 heteroatoms. The molecule has 2 atom stereocenters. The molecule has 264 valence electrons. The van der Waals surface area contributed by atoms with Crippen molar-refractivity contribution in [1.82, 2.24) is 10.6 Å². The second-order valence-electron chi connectivity index (χ2n) is 10.7. The molecule has 0 saturated heterocycles. The first kappa shape index (κ1) is 36.9. The molecule has 0 spiro atoms. The molecule has 4 aromatic rings. The second kappa shape index (κ2) is 18.6. The molecule has 0 unspecified atom stereocenters. The number of nitrogens with one attached hydrogen (secondary N) is 2. The standard InChI is InChI=1S/C36H32N2O13/c39-31(29(37-33(41)42)19-23-11-15-27(16-12-23)49-35(45)47-21-25-7-3-1-4-8-25)51-32(40)30(38-34(43)44)20-24-13-17-28(18-14-24)50-36(46)48-22-26-9-5-2-6-10-26/h1-18,29-30,37-38H,19-22H2,(H,41,42)(H,43,44)/t29-,30-/m0/s1. The molecule has 2 amide bonds. The minimum Gasteiger partial charge on any atom is -0.465 e. The molecule has 4 N–H and O–H groups in total. The third-order valence-corrected chi connectivity index (χ3v) is 6.89. The van der Waals surface area contributed by atoms with Crippen molar-refractivity contribution in [3.05, 3.63) is 131 Å². The maximum Gasteiger partial charge on any atom is 0.514 e. The first-order valence-corrected chi connectivity index (χ1v) is 15.2. The molecule has 4 aromatic carbocycles. The number of carbonyl (C=O) groups is 6. The Morgan fingerprint density at radius 1 is 0.490 bits per heavy atom. The maximum absolute atomic E-state index is 12.9. The van der Waals surface area contributed by atoms with Crippen LogP contribution in [0.15, 0.2) is 109 Å². The predicted molar refractivity (Wildman–Crippen MR) is 176 cm³/mol. The van der Waals surface area contributed by atoms with Crippen molar-refractivity contribution in [2.45, 2.75) is 38.1 Å². The topological polar surface area (TPSA) is 213 Å². The molecular weight excluding hydrogens is 668 g/mol. The van der Waals surface area contributed by atoms with Crippen LogP contribution in [0.2, 0.25) is 0 Å². The maximum atomic E-state index is 12.9. The molecule has 0 fully saturated rings. The van der Waals surface area contributed by atoms with E-state index >= 15 is 0 Å². The van der Waals surface area contributed by atoms with Crippen LogP contribution in [0.25, 0.3) is 0 Å². The lowest BCUT2D eigenvalue weighted by Crippen LogP contribution is -2.47. The van der Waals surface area contributed by atoms with E-state index in [1.807, 2.05) is 22.8 Å². The Bertz CT molecular complexity index is 1670. The molecule has 0 aliphatic carbocycles. The summed E-state index contributed by atoms with van der Waals surface area (Å²) in [6.07, 6.45) is -5.62. The molecule has 0 aromatic heterocycles. The summed E-state index contributed by atoms with van der Waals surface area (Å²) >= 11 is 0. The highest BCUT2D eigenvalue weighted by atomic mass is 16.7. The monoisotopic (exact) mass is 700 g/mol. The quantitative estimate of drug-likeness (QED) is 0.0574. The zero-order valence-electron chi connectivity index (χ0n) is 26.8. The third kappa shape index (κ3) is 12.9. The van der Waals surface area contributed by atoms with E-state index in [1.54, 1.807) is 48.5 Å². The van der Waals surface area contributed by atoms with Crippen LogP contribution < -0.4 is 20.1 Å². The first-order valence-electron chi connectivity index (χ1n) is 15.2. The molecule has 0 aliphatic heterocycles. The van der Waals surface area contributed by atoms with Crippen molar-refractivity contribution in [3.8, 4) is 11.5 Å². The Morgan fingerprint density at radius 2 is 0.843 bits per heavy atom. The lowest BCUT2D eigenvalue weighted by Gasteiger charge is -2.19. The van der Waals surface area contributed by atoms with Crippen LogP contribution in [-0.4, -0.2) is 58.7 Å². The van der Waals surface area contributed by atoms with Gasteiger partial charge in [0.15, 0.2) is 0 Å². The van der Waals surface area contributed by atoms with Crippen molar-refractivity contribution in [1.29, 1.82) is 0 Å². The number of carbonyl (C=O) groups excluding carboxylic acids is 4. The number of benzene rings is 4. The summed E-state index contributed by atoms with van der Waals surface area (Å²) in [6.45, 7) is -0.00175. The van der Waals surface area contributed by atoms with Crippen LogP contribution in [0, 0.1) is 0 Å². The molecule has 0 saturated carbocycles. The van der Waals surface area contributed by atoms with Crippen LogP contribution in [0.4, 0.5) is 19.2 Å². The molecular formula is C36H32N2O13. The van der Waals surface area contributed by atoms with Crippen LogP contribution in [-0.2, 0) is 49.9 Å². The number of hydrogen-bond acceptors (Lipinski definition) is 11. The minimum atomic E-state index is -1.59. The van der Waals surface area contributed by atoms with E-state index in [2.05, 4.69) is 0 Å². The average molecular weight is 701 g/mol. The van der Waals surface area contributed by atoms with Gasteiger partial charge in [0.05, 0.1) is 0 Å². The Morgan fingerprint density at radius 3 is 1.18 bits per heavy atom.